The topological polar surface area (TPSA) is 147 Å². The molecule has 0 bridgehead atoms. The lowest BCUT2D eigenvalue weighted by Gasteiger charge is -2.37. The number of nitrogens with zero attached hydrogens (tertiary/aromatic N) is 3. The molecule has 3 rings (SSSR count). The number of amides is 3. The maximum absolute atomic E-state index is 13.9. The minimum atomic E-state index is -0.773. The van der Waals surface area contributed by atoms with Crippen molar-refractivity contribution in [3.63, 3.8) is 0 Å². The summed E-state index contributed by atoms with van der Waals surface area (Å²) in [5.41, 5.74) is 0.230. The van der Waals surface area contributed by atoms with Gasteiger partial charge in [0.15, 0.2) is 6.10 Å². The number of hydrogen-bond donors (Lipinski definition) is 2. The molecule has 1 aromatic heterocycles. The third-order valence-corrected chi connectivity index (χ3v) is 10.2. The number of aromatic nitrogens is 1. The van der Waals surface area contributed by atoms with E-state index in [4.69, 9.17) is 9.47 Å². The summed E-state index contributed by atoms with van der Waals surface area (Å²) in [6.07, 6.45) is 4.94. The van der Waals surface area contributed by atoms with E-state index < -0.39 is 18.1 Å². The monoisotopic (exact) mass is 663 g/mol. The molecular formula is C33H53N5O7S. The summed E-state index contributed by atoms with van der Waals surface area (Å²) < 4.78 is 10.6. The maximum atomic E-state index is 13.9. The molecule has 3 amide bonds. The quantitative estimate of drug-likeness (QED) is 0.302. The zero-order valence-electron chi connectivity index (χ0n) is 28.7. The highest BCUT2D eigenvalue weighted by Gasteiger charge is 2.37. The van der Waals surface area contributed by atoms with Crippen LogP contribution in [0.3, 0.4) is 0 Å². The Morgan fingerprint density at radius 1 is 1.04 bits per heavy atom. The van der Waals surface area contributed by atoms with Gasteiger partial charge in [-0.2, -0.15) is 0 Å². The fraction of sp³-hybridized carbons (Fsp3) is 0.758. The molecule has 1 aromatic rings. The molecule has 13 heteroatoms. The number of nitrogens with one attached hydrogen (secondary N) is 2. The maximum Gasteiger partial charge on any atom is 0.308 e. The Balaban J connectivity index is 1.71. The van der Waals surface area contributed by atoms with Crippen LogP contribution in [0.1, 0.15) is 108 Å². The number of carbonyl (C=O) groups excluding carboxylic acids is 5. The summed E-state index contributed by atoms with van der Waals surface area (Å²) in [6, 6.07) is -1.38. The molecule has 2 aliphatic rings. The summed E-state index contributed by atoms with van der Waals surface area (Å²) >= 11 is 1.23. The Labute approximate surface area is 277 Å². The van der Waals surface area contributed by atoms with Crippen LogP contribution in [0.15, 0.2) is 5.38 Å². The van der Waals surface area contributed by atoms with Crippen molar-refractivity contribution in [3.05, 3.63) is 16.1 Å². The lowest BCUT2D eigenvalue weighted by molar-refractivity contribution is -0.149. The molecule has 0 radical (unpaired) electrons. The molecule has 1 saturated heterocycles. The predicted molar refractivity (Wildman–Crippen MR) is 175 cm³/mol. The molecule has 2 N–H and O–H groups in total. The van der Waals surface area contributed by atoms with Crippen LogP contribution >= 0.6 is 11.3 Å². The lowest BCUT2D eigenvalue weighted by Crippen LogP contribution is -2.57. The second-order valence-corrected chi connectivity index (χ2v) is 14.3. The third kappa shape index (κ3) is 9.97. The number of hydrogen-bond acceptors (Lipinski definition) is 10. The third-order valence-electron chi connectivity index (χ3n) is 9.31. The first-order chi connectivity index (χ1) is 21.7. The van der Waals surface area contributed by atoms with Gasteiger partial charge in [0, 0.05) is 37.9 Å². The van der Waals surface area contributed by atoms with Gasteiger partial charge in [0.05, 0.1) is 19.1 Å². The van der Waals surface area contributed by atoms with Gasteiger partial charge in [-0.05, 0) is 64.0 Å². The first-order valence-corrected chi connectivity index (χ1v) is 17.4. The zero-order valence-corrected chi connectivity index (χ0v) is 29.5. The summed E-state index contributed by atoms with van der Waals surface area (Å²) in [4.78, 5) is 72.5. The number of piperidine rings is 1. The summed E-state index contributed by atoms with van der Waals surface area (Å²) in [5, 5.41) is 8.16. The van der Waals surface area contributed by atoms with E-state index in [9.17, 15) is 24.0 Å². The predicted octanol–water partition coefficient (Wildman–Crippen LogP) is 3.71. The van der Waals surface area contributed by atoms with E-state index in [1.807, 2.05) is 39.6 Å². The van der Waals surface area contributed by atoms with Crippen molar-refractivity contribution in [1.82, 2.24) is 25.4 Å². The minimum absolute atomic E-state index is 0.0113. The van der Waals surface area contributed by atoms with Gasteiger partial charge in [-0.3, -0.25) is 28.9 Å². The fourth-order valence-electron chi connectivity index (χ4n) is 6.49. The van der Waals surface area contributed by atoms with Gasteiger partial charge in [-0.15, -0.1) is 11.3 Å². The van der Waals surface area contributed by atoms with Crippen molar-refractivity contribution in [2.24, 2.45) is 17.8 Å². The van der Waals surface area contributed by atoms with Crippen molar-refractivity contribution in [3.8, 4) is 0 Å². The molecule has 1 aliphatic carbocycles. The van der Waals surface area contributed by atoms with E-state index in [-0.39, 0.29) is 71.7 Å². The van der Waals surface area contributed by atoms with Crippen molar-refractivity contribution >= 4 is 41.0 Å². The zero-order chi connectivity index (χ0) is 34.1. The fourth-order valence-corrected chi connectivity index (χ4v) is 7.33. The molecule has 1 aliphatic heterocycles. The molecule has 12 nitrogen and oxygen atoms in total. The highest BCUT2D eigenvalue weighted by atomic mass is 32.1. The van der Waals surface area contributed by atoms with Gasteiger partial charge in [0.1, 0.15) is 16.7 Å². The first kappa shape index (κ1) is 37.4. The van der Waals surface area contributed by atoms with Gasteiger partial charge in [-0.25, -0.2) is 4.98 Å². The van der Waals surface area contributed by atoms with Gasteiger partial charge in [0.25, 0.3) is 5.91 Å². The highest BCUT2D eigenvalue weighted by molar-refractivity contribution is 7.09. The standard InChI is InChI=1S/C33H53N5O7S/c1-19(2)26(38(7)32(42)28(20(3)4)36-30(41)25-11-9-10-16-37(25)6)17-27(45-21(5)39)31-35-24(18-46-31)29(40)34-23-14-12-22(13-15-23)33(43)44-8/h18-20,22-23,25-28H,9-17H2,1-8H3,(H,34,40)(H,36,41)/t22?,23?,25-,26-,27-,28+/m1/s1. The Morgan fingerprint density at radius 2 is 1.72 bits per heavy atom. The Bertz CT molecular complexity index is 1210. The van der Waals surface area contributed by atoms with E-state index >= 15 is 0 Å². The molecule has 0 aromatic carbocycles. The molecule has 0 spiro atoms. The van der Waals surface area contributed by atoms with Gasteiger partial charge in [0.2, 0.25) is 11.8 Å². The molecule has 1 saturated carbocycles. The average molecular weight is 664 g/mol. The van der Waals surface area contributed by atoms with Crippen LogP contribution in [0.4, 0.5) is 0 Å². The minimum Gasteiger partial charge on any atom is -0.469 e. The molecule has 4 atom stereocenters. The average Bonchev–Trinajstić information content (AvgIpc) is 3.51. The number of likely N-dealkylation sites (tertiary alicyclic amines) is 1. The van der Waals surface area contributed by atoms with Crippen molar-refractivity contribution in [2.75, 3.05) is 27.7 Å². The number of likely N-dealkylation sites (N-methyl/N-ethyl adjacent to an activating group) is 2. The van der Waals surface area contributed by atoms with Gasteiger partial charge in [-0.1, -0.05) is 34.1 Å². The number of ether oxygens (including phenoxy) is 2. The normalized spacial score (nSPS) is 22.4. The number of rotatable bonds is 13. The molecule has 46 heavy (non-hydrogen) atoms. The van der Waals surface area contributed by atoms with Crippen molar-refractivity contribution < 1.29 is 33.4 Å². The SMILES string of the molecule is COC(=O)C1CCC(NC(=O)c2csc([C@@H](C[C@H](C(C)C)N(C)C(=O)[C@@H](NC(=O)[C@H]3CCCCN3C)C(C)C)OC(C)=O)n2)CC1. The van der Waals surface area contributed by atoms with Gasteiger partial charge >= 0.3 is 11.9 Å². The molecule has 2 heterocycles. The summed E-state index contributed by atoms with van der Waals surface area (Å²) in [6.45, 7) is 10.00. The van der Waals surface area contributed by atoms with Crippen LogP contribution in [0.25, 0.3) is 0 Å². The number of carbonyl (C=O) groups is 5. The number of thiazole rings is 1. The molecule has 2 fully saturated rings. The Hall–Kier alpha value is -3.06. The summed E-state index contributed by atoms with van der Waals surface area (Å²) in [5.74, 6) is -1.66. The van der Waals surface area contributed by atoms with Crippen LogP contribution < -0.4 is 10.6 Å². The highest BCUT2D eigenvalue weighted by Crippen LogP contribution is 2.31. The molecule has 0 unspecified atom stereocenters. The lowest BCUT2D eigenvalue weighted by atomic mass is 9.86. The largest absolute Gasteiger partial charge is 0.469 e. The second kappa shape index (κ2) is 17.2. The second-order valence-electron chi connectivity index (χ2n) is 13.4. The van der Waals surface area contributed by atoms with E-state index in [0.29, 0.717) is 30.7 Å². The molecular weight excluding hydrogens is 610 g/mol. The van der Waals surface area contributed by atoms with E-state index in [1.165, 1.54) is 25.4 Å². The van der Waals surface area contributed by atoms with Crippen LogP contribution in [-0.2, 0) is 28.7 Å². The Kier molecular flexibility index (Phi) is 14.0. The van der Waals surface area contributed by atoms with Crippen LogP contribution in [0.2, 0.25) is 0 Å². The van der Waals surface area contributed by atoms with Crippen LogP contribution in [-0.4, -0.2) is 96.4 Å². The molecule has 258 valence electrons. The van der Waals surface area contributed by atoms with E-state index in [0.717, 1.165) is 25.8 Å². The smallest absolute Gasteiger partial charge is 0.308 e. The van der Waals surface area contributed by atoms with E-state index in [2.05, 4.69) is 15.6 Å². The van der Waals surface area contributed by atoms with E-state index in [1.54, 1.807) is 17.3 Å². The van der Waals surface area contributed by atoms with Gasteiger partial charge < -0.3 is 25.0 Å². The van der Waals surface area contributed by atoms with Crippen LogP contribution in [0.5, 0.6) is 0 Å². The number of esters is 2. The first-order valence-electron chi connectivity index (χ1n) is 16.5. The Morgan fingerprint density at radius 3 is 2.28 bits per heavy atom. The number of methoxy groups -OCH3 is 1. The van der Waals surface area contributed by atoms with Crippen molar-refractivity contribution in [1.29, 1.82) is 0 Å². The van der Waals surface area contributed by atoms with Crippen molar-refractivity contribution in [2.45, 2.75) is 116 Å². The van der Waals surface area contributed by atoms with Crippen LogP contribution in [0, 0.1) is 17.8 Å². The summed E-state index contributed by atoms with van der Waals surface area (Å²) in [7, 11) is 5.05.